The van der Waals surface area contributed by atoms with Crippen molar-refractivity contribution in [2.75, 3.05) is 38.3 Å². The highest BCUT2D eigenvalue weighted by Gasteiger charge is 2.44. The first-order valence-corrected chi connectivity index (χ1v) is 10.1. The Labute approximate surface area is 171 Å². The second-order valence-corrected chi connectivity index (χ2v) is 7.92. The first-order chi connectivity index (χ1) is 14.0. The van der Waals surface area contributed by atoms with E-state index in [0.29, 0.717) is 31.5 Å². The van der Waals surface area contributed by atoms with Crippen molar-refractivity contribution in [1.82, 2.24) is 4.90 Å². The monoisotopic (exact) mass is 398 g/mol. The van der Waals surface area contributed by atoms with E-state index in [1.165, 1.54) is 30.0 Å². The summed E-state index contributed by atoms with van der Waals surface area (Å²) in [7, 11) is 2.12. The summed E-state index contributed by atoms with van der Waals surface area (Å²) in [6.07, 6.45) is 2.66. The van der Waals surface area contributed by atoms with Crippen molar-refractivity contribution < 1.29 is 18.7 Å². The maximum absolute atomic E-state index is 12.9. The van der Waals surface area contributed by atoms with E-state index in [4.69, 9.17) is 9.47 Å². The maximum atomic E-state index is 12.9. The molecule has 2 aromatic rings. The molecular weight excluding hydrogens is 371 g/mol. The molecule has 1 spiro atoms. The van der Waals surface area contributed by atoms with E-state index in [2.05, 4.69) is 36.2 Å². The summed E-state index contributed by atoms with van der Waals surface area (Å²) < 4.78 is 24.7. The highest BCUT2D eigenvalue weighted by atomic mass is 19.1. The number of rotatable bonds is 5. The normalized spacial score (nSPS) is 20.6. The number of benzene rings is 2. The summed E-state index contributed by atoms with van der Waals surface area (Å²) in [6.45, 7) is 2.03. The summed E-state index contributed by atoms with van der Waals surface area (Å²) in [5.74, 6) is 0.136. The van der Waals surface area contributed by atoms with Crippen molar-refractivity contribution in [2.45, 2.75) is 30.9 Å². The lowest BCUT2D eigenvalue weighted by Gasteiger charge is -2.39. The van der Waals surface area contributed by atoms with Crippen LogP contribution >= 0.6 is 0 Å². The van der Waals surface area contributed by atoms with Gasteiger partial charge in [-0.1, -0.05) is 18.2 Å². The number of piperidine rings is 1. The predicted molar refractivity (Wildman–Crippen MR) is 110 cm³/mol. The smallest absolute Gasteiger partial charge is 0.260 e. The van der Waals surface area contributed by atoms with Crippen LogP contribution in [0.5, 0.6) is 5.75 Å². The first-order valence-electron chi connectivity index (χ1n) is 10.1. The van der Waals surface area contributed by atoms with E-state index < -0.39 is 0 Å². The van der Waals surface area contributed by atoms with Gasteiger partial charge in [-0.3, -0.25) is 4.79 Å². The van der Waals surface area contributed by atoms with Gasteiger partial charge in [-0.25, -0.2) is 4.39 Å². The topological polar surface area (TPSA) is 42.0 Å². The second kappa shape index (κ2) is 8.41. The molecule has 154 valence electrons. The minimum absolute atomic E-state index is 0.0289. The number of likely N-dealkylation sites (N-methyl/N-ethyl adjacent to an activating group) is 1. The maximum Gasteiger partial charge on any atom is 0.260 e. The Bertz CT molecular complexity index is 820. The fourth-order valence-corrected chi connectivity index (χ4v) is 4.22. The molecule has 0 unspecified atom stereocenters. The highest BCUT2D eigenvalue weighted by molar-refractivity contribution is 5.77. The number of hydrogen-bond acceptors (Lipinski definition) is 4. The zero-order valence-corrected chi connectivity index (χ0v) is 16.7. The number of carbonyl (C=O) groups excluding carboxylic acids is 1. The van der Waals surface area contributed by atoms with Gasteiger partial charge in [-0.05, 0) is 55.7 Å². The summed E-state index contributed by atoms with van der Waals surface area (Å²) in [5, 5.41) is 0. The summed E-state index contributed by atoms with van der Waals surface area (Å²) in [6, 6.07) is 16.4. The largest absolute Gasteiger partial charge is 0.484 e. The third-order valence-corrected chi connectivity index (χ3v) is 6.10. The van der Waals surface area contributed by atoms with Crippen molar-refractivity contribution in [3.05, 3.63) is 60.4 Å². The number of anilines is 1. The molecule has 0 saturated carbocycles. The minimum atomic E-state index is -0.321. The number of hydrogen-bond donors (Lipinski definition) is 0. The van der Waals surface area contributed by atoms with Crippen LogP contribution < -0.4 is 9.64 Å². The molecule has 0 bridgehead atoms. The molecule has 2 aliphatic heterocycles. The van der Waals surface area contributed by atoms with Crippen molar-refractivity contribution in [3.8, 4) is 5.75 Å². The molecule has 6 heteroatoms. The van der Waals surface area contributed by atoms with Gasteiger partial charge in [0.15, 0.2) is 6.61 Å². The minimum Gasteiger partial charge on any atom is -0.484 e. The quantitative estimate of drug-likeness (QED) is 0.773. The number of carbonyl (C=O) groups is 1. The lowest BCUT2D eigenvalue weighted by Crippen LogP contribution is -2.48. The molecular formula is C23H27FN2O3. The van der Waals surface area contributed by atoms with Crippen LogP contribution in [0.3, 0.4) is 0 Å². The molecule has 0 aromatic heterocycles. The van der Waals surface area contributed by atoms with Gasteiger partial charge in [0.05, 0.1) is 18.2 Å². The Morgan fingerprint density at radius 3 is 2.55 bits per heavy atom. The molecule has 2 fully saturated rings. The molecule has 0 radical (unpaired) electrons. The molecule has 4 rings (SSSR count). The van der Waals surface area contributed by atoms with E-state index >= 15 is 0 Å². The van der Waals surface area contributed by atoms with E-state index in [1.807, 2.05) is 11.0 Å². The Balaban J connectivity index is 1.26. The number of likely N-dealkylation sites (tertiary alicyclic amines) is 1. The number of ether oxygens (including phenoxy) is 2. The third kappa shape index (κ3) is 4.53. The summed E-state index contributed by atoms with van der Waals surface area (Å²) >= 11 is 0. The molecule has 1 amide bonds. The molecule has 2 aromatic carbocycles. The van der Waals surface area contributed by atoms with Crippen LogP contribution in [-0.4, -0.2) is 55.8 Å². The van der Waals surface area contributed by atoms with Gasteiger partial charge in [-0.2, -0.15) is 0 Å². The van der Waals surface area contributed by atoms with Gasteiger partial charge < -0.3 is 19.3 Å². The molecule has 0 aliphatic carbocycles. The van der Waals surface area contributed by atoms with Crippen LogP contribution in [-0.2, 0) is 9.53 Å². The SMILES string of the molecule is CN(c1ccccc1)[C@H]1COC2(CCN(C(=O)COc3ccc(F)cc3)CC2)C1. The fraction of sp³-hybridized carbons (Fsp3) is 0.435. The van der Waals surface area contributed by atoms with Crippen LogP contribution in [0.4, 0.5) is 10.1 Å². The van der Waals surface area contributed by atoms with Gasteiger partial charge in [-0.15, -0.1) is 0 Å². The predicted octanol–water partition coefficient (Wildman–Crippen LogP) is 3.49. The molecule has 2 aliphatic rings. The molecule has 29 heavy (non-hydrogen) atoms. The Morgan fingerprint density at radius 2 is 1.86 bits per heavy atom. The van der Waals surface area contributed by atoms with Crippen LogP contribution in [0.15, 0.2) is 54.6 Å². The van der Waals surface area contributed by atoms with Gasteiger partial charge in [0, 0.05) is 25.8 Å². The summed E-state index contributed by atoms with van der Waals surface area (Å²) in [4.78, 5) is 16.6. The van der Waals surface area contributed by atoms with E-state index in [9.17, 15) is 9.18 Å². The van der Waals surface area contributed by atoms with Crippen LogP contribution in [0.2, 0.25) is 0 Å². The Kier molecular flexibility index (Phi) is 5.72. The average Bonchev–Trinajstić information content (AvgIpc) is 3.17. The van der Waals surface area contributed by atoms with Crippen LogP contribution in [0.1, 0.15) is 19.3 Å². The standard InChI is InChI=1S/C23H27FN2O3/c1-25(19-5-3-2-4-6-19)20-15-23(29-16-20)11-13-26(14-12-23)22(27)17-28-21-9-7-18(24)8-10-21/h2-10,20H,11-17H2,1H3/t20-/m1/s1. The molecule has 1 atom stereocenters. The van der Waals surface area contributed by atoms with Crippen molar-refractivity contribution in [3.63, 3.8) is 0 Å². The van der Waals surface area contributed by atoms with Gasteiger partial charge in [0.25, 0.3) is 5.91 Å². The van der Waals surface area contributed by atoms with E-state index in [1.54, 1.807) is 0 Å². The number of halogens is 1. The highest BCUT2D eigenvalue weighted by Crippen LogP contribution is 2.38. The lowest BCUT2D eigenvalue weighted by molar-refractivity contribution is -0.138. The number of para-hydroxylation sites is 1. The Hall–Kier alpha value is -2.60. The molecule has 0 N–H and O–H groups in total. The van der Waals surface area contributed by atoms with Gasteiger partial charge in [0.1, 0.15) is 11.6 Å². The molecule has 2 heterocycles. The van der Waals surface area contributed by atoms with E-state index in [-0.39, 0.29) is 23.9 Å². The lowest BCUT2D eigenvalue weighted by atomic mass is 9.87. The van der Waals surface area contributed by atoms with Crippen molar-refractivity contribution >= 4 is 11.6 Å². The number of amides is 1. The first kappa shape index (κ1) is 19.7. The summed E-state index contributed by atoms with van der Waals surface area (Å²) in [5.41, 5.74) is 1.06. The average molecular weight is 398 g/mol. The van der Waals surface area contributed by atoms with Crippen LogP contribution in [0, 0.1) is 5.82 Å². The zero-order chi connectivity index (χ0) is 20.3. The van der Waals surface area contributed by atoms with Crippen molar-refractivity contribution in [2.24, 2.45) is 0 Å². The molecule has 2 saturated heterocycles. The Morgan fingerprint density at radius 1 is 1.17 bits per heavy atom. The van der Waals surface area contributed by atoms with Gasteiger partial charge in [0.2, 0.25) is 0 Å². The fourth-order valence-electron chi connectivity index (χ4n) is 4.22. The number of nitrogens with zero attached hydrogens (tertiary/aromatic N) is 2. The van der Waals surface area contributed by atoms with E-state index in [0.717, 1.165) is 19.3 Å². The third-order valence-electron chi connectivity index (χ3n) is 6.10. The van der Waals surface area contributed by atoms with Gasteiger partial charge >= 0.3 is 0 Å². The van der Waals surface area contributed by atoms with Crippen LogP contribution in [0.25, 0.3) is 0 Å². The van der Waals surface area contributed by atoms with Crippen molar-refractivity contribution in [1.29, 1.82) is 0 Å². The zero-order valence-electron chi connectivity index (χ0n) is 16.7. The second-order valence-electron chi connectivity index (χ2n) is 7.92. The molecule has 5 nitrogen and oxygen atoms in total.